The van der Waals surface area contributed by atoms with Gasteiger partial charge in [-0.25, -0.2) is 9.97 Å². The highest BCUT2D eigenvalue weighted by Crippen LogP contribution is 2.29. The average molecular weight is 266 g/mol. The Morgan fingerprint density at radius 2 is 2.21 bits per heavy atom. The summed E-state index contributed by atoms with van der Waals surface area (Å²) in [5.41, 5.74) is 0.784. The number of hydrogen-bond donors (Lipinski definition) is 0. The van der Waals surface area contributed by atoms with Crippen LogP contribution in [0.1, 0.15) is 5.82 Å². The largest absolute Gasteiger partial charge is 0.232 e. The summed E-state index contributed by atoms with van der Waals surface area (Å²) in [6.07, 6.45) is 1.59. The van der Waals surface area contributed by atoms with E-state index in [4.69, 9.17) is 5.26 Å². The first-order valence-electron chi connectivity index (χ1n) is 3.78. The molecule has 0 bridgehead atoms. The summed E-state index contributed by atoms with van der Waals surface area (Å²) in [5, 5.41) is 8.63. The van der Waals surface area contributed by atoms with Gasteiger partial charge in [0.05, 0.1) is 14.4 Å². The Morgan fingerprint density at radius 3 is 2.86 bits per heavy atom. The van der Waals surface area contributed by atoms with Crippen LogP contribution in [0.15, 0.2) is 28.2 Å². The fourth-order valence-corrected chi connectivity index (χ4v) is 2.36. The van der Waals surface area contributed by atoms with E-state index in [0.29, 0.717) is 0 Å². The lowest BCUT2D eigenvalue weighted by atomic mass is 10.3. The van der Waals surface area contributed by atoms with Gasteiger partial charge in [0.25, 0.3) is 0 Å². The summed E-state index contributed by atoms with van der Waals surface area (Å²) in [7, 11) is 0. The second-order valence-electron chi connectivity index (χ2n) is 2.48. The van der Waals surface area contributed by atoms with Gasteiger partial charge in [-0.2, -0.15) is 5.26 Å². The minimum Gasteiger partial charge on any atom is -0.227 e. The number of thiophene rings is 1. The minimum absolute atomic E-state index is 0.201. The summed E-state index contributed by atoms with van der Waals surface area (Å²) >= 11 is 4.95. The van der Waals surface area contributed by atoms with Crippen LogP contribution in [0.4, 0.5) is 0 Å². The highest BCUT2D eigenvalue weighted by Gasteiger charge is 2.03. The Morgan fingerprint density at radius 1 is 1.36 bits per heavy atom. The van der Waals surface area contributed by atoms with E-state index in [0.717, 1.165) is 14.4 Å². The molecule has 0 fully saturated rings. The molecule has 14 heavy (non-hydrogen) atoms. The lowest BCUT2D eigenvalue weighted by Gasteiger charge is -1.94. The number of rotatable bonds is 1. The summed E-state index contributed by atoms with van der Waals surface area (Å²) in [4.78, 5) is 8.93. The Kier molecular flexibility index (Phi) is 2.57. The molecule has 0 aliphatic rings. The van der Waals surface area contributed by atoms with Gasteiger partial charge in [-0.05, 0) is 34.1 Å². The van der Waals surface area contributed by atoms with Gasteiger partial charge in [0.15, 0.2) is 0 Å². The first-order valence-corrected chi connectivity index (χ1v) is 5.39. The zero-order chi connectivity index (χ0) is 9.97. The maximum absolute atomic E-state index is 8.63. The molecule has 0 atom stereocenters. The van der Waals surface area contributed by atoms with Crippen LogP contribution in [-0.4, -0.2) is 9.97 Å². The first kappa shape index (κ1) is 9.31. The van der Waals surface area contributed by atoms with Crippen molar-refractivity contribution >= 4 is 27.3 Å². The molecular formula is C9H4BrN3S. The molecule has 0 saturated heterocycles. The number of nitriles is 1. The third kappa shape index (κ3) is 1.81. The van der Waals surface area contributed by atoms with Crippen LogP contribution >= 0.6 is 27.3 Å². The molecule has 2 aromatic heterocycles. The normalized spacial score (nSPS) is 9.71. The van der Waals surface area contributed by atoms with Crippen LogP contribution in [0.25, 0.3) is 10.6 Å². The topological polar surface area (TPSA) is 49.6 Å². The number of nitrogens with zero attached hydrogens (tertiary/aromatic N) is 3. The van der Waals surface area contributed by atoms with Crippen LogP contribution in [0.5, 0.6) is 0 Å². The second kappa shape index (κ2) is 3.86. The summed E-state index contributed by atoms with van der Waals surface area (Å²) in [5.74, 6) is 0.201. The third-order valence-corrected chi connectivity index (χ3v) is 3.23. The van der Waals surface area contributed by atoms with E-state index in [9.17, 15) is 0 Å². The van der Waals surface area contributed by atoms with E-state index in [1.54, 1.807) is 23.6 Å². The SMILES string of the molecule is N#Cc1nccc(-c2ccc(Br)s2)n1. The second-order valence-corrected chi connectivity index (χ2v) is 4.94. The first-order chi connectivity index (χ1) is 6.79. The van der Waals surface area contributed by atoms with Gasteiger partial charge in [-0.3, -0.25) is 0 Å². The van der Waals surface area contributed by atoms with Crippen molar-refractivity contribution in [1.29, 1.82) is 5.26 Å². The highest BCUT2D eigenvalue weighted by atomic mass is 79.9. The van der Waals surface area contributed by atoms with Gasteiger partial charge in [0.1, 0.15) is 6.07 Å². The van der Waals surface area contributed by atoms with Crippen molar-refractivity contribution in [2.24, 2.45) is 0 Å². The van der Waals surface area contributed by atoms with Crippen LogP contribution in [0, 0.1) is 11.3 Å². The van der Waals surface area contributed by atoms with Crippen LogP contribution < -0.4 is 0 Å². The van der Waals surface area contributed by atoms with E-state index >= 15 is 0 Å². The molecule has 3 nitrogen and oxygen atoms in total. The molecule has 2 aromatic rings. The lowest BCUT2D eigenvalue weighted by molar-refractivity contribution is 1.12. The molecule has 0 amide bonds. The van der Waals surface area contributed by atoms with E-state index in [2.05, 4.69) is 25.9 Å². The third-order valence-electron chi connectivity index (χ3n) is 1.58. The smallest absolute Gasteiger partial charge is 0.227 e. The van der Waals surface area contributed by atoms with Crippen molar-refractivity contribution in [2.75, 3.05) is 0 Å². The van der Waals surface area contributed by atoms with Crippen molar-refractivity contribution in [3.8, 4) is 16.6 Å². The Labute approximate surface area is 93.2 Å². The van der Waals surface area contributed by atoms with E-state index in [-0.39, 0.29) is 5.82 Å². The molecular weight excluding hydrogens is 262 g/mol. The predicted molar refractivity (Wildman–Crippen MR) is 57.8 cm³/mol. The zero-order valence-electron chi connectivity index (χ0n) is 6.94. The molecule has 0 aliphatic heterocycles. The Balaban J connectivity index is 2.47. The highest BCUT2D eigenvalue weighted by molar-refractivity contribution is 9.11. The molecule has 0 saturated carbocycles. The maximum Gasteiger partial charge on any atom is 0.232 e. The average Bonchev–Trinajstić information content (AvgIpc) is 2.65. The summed E-state index contributed by atoms with van der Waals surface area (Å²) < 4.78 is 1.05. The van der Waals surface area contributed by atoms with Crippen LogP contribution in [0.2, 0.25) is 0 Å². The molecule has 0 N–H and O–H groups in total. The fraction of sp³-hybridized carbons (Fsp3) is 0. The molecule has 68 valence electrons. The van der Waals surface area contributed by atoms with E-state index in [1.165, 1.54) is 0 Å². The zero-order valence-corrected chi connectivity index (χ0v) is 9.34. The predicted octanol–water partition coefficient (Wildman–Crippen LogP) is 2.84. The van der Waals surface area contributed by atoms with Gasteiger partial charge in [0.2, 0.25) is 5.82 Å². The minimum atomic E-state index is 0.201. The molecule has 0 spiro atoms. The van der Waals surface area contributed by atoms with Crippen LogP contribution in [-0.2, 0) is 0 Å². The van der Waals surface area contributed by atoms with Crippen molar-refractivity contribution in [2.45, 2.75) is 0 Å². The van der Waals surface area contributed by atoms with Gasteiger partial charge in [-0.15, -0.1) is 11.3 Å². The van der Waals surface area contributed by atoms with Gasteiger partial charge >= 0.3 is 0 Å². The Bertz CT molecular complexity index is 501. The monoisotopic (exact) mass is 265 g/mol. The number of hydrogen-bond acceptors (Lipinski definition) is 4. The van der Waals surface area contributed by atoms with Crippen molar-refractivity contribution in [3.63, 3.8) is 0 Å². The maximum atomic E-state index is 8.63. The van der Waals surface area contributed by atoms with Crippen molar-refractivity contribution in [3.05, 3.63) is 34.0 Å². The van der Waals surface area contributed by atoms with Crippen molar-refractivity contribution in [1.82, 2.24) is 9.97 Å². The molecule has 0 aromatic carbocycles. The van der Waals surface area contributed by atoms with Gasteiger partial charge in [0, 0.05) is 6.20 Å². The number of halogens is 1. The lowest BCUT2D eigenvalue weighted by Crippen LogP contribution is -1.88. The standard InChI is InChI=1S/C9H4BrN3S/c10-8-2-1-7(14-8)6-3-4-12-9(5-11)13-6/h1-4H. The molecule has 0 aliphatic carbocycles. The fourth-order valence-electron chi connectivity index (χ4n) is 1.00. The summed E-state index contributed by atoms with van der Waals surface area (Å²) in [6.45, 7) is 0. The van der Waals surface area contributed by atoms with Gasteiger partial charge in [-0.1, -0.05) is 0 Å². The molecule has 5 heteroatoms. The number of aromatic nitrogens is 2. The molecule has 2 heterocycles. The van der Waals surface area contributed by atoms with E-state index < -0.39 is 0 Å². The van der Waals surface area contributed by atoms with E-state index in [1.807, 2.05) is 18.2 Å². The molecule has 0 unspecified atom stereocenters. The molecule has 0 radical (unpaired) electrons. The summed E-state index contributed by atoms with van der Waals surface area (Å²) in [6, 6.07) is 7.61. The van der Waals surface area contributed by atoms with Gasteiger partial charge < -0.3 is 0 Å². The molecule has 2 rings (SSSR count). The van der Waals surface area contributed by atoms with Crippen LogP contribution in [0.3, 0.4) is 0 Å². The van der Waals surface area contributed by atoms with Crippen molar-refractivity contribution < 1.29 is 0 Å². The quantitative estimate of drug-likeness (QED) is 0.797. The Hall–Kier alpha value is -1.25.